The number of aliphatic hydroxyl groups is 7. The molecule has 3 heterocycles. The summed E-state index contributed by atoms with van der Waals surface area (Å²) in [6.07, 6.45) is -6.06. The normalized spacial score (nSPS) is 54.8. The maximum atomic E-state index is 12.2. The molecule has 5 aliphatic carbocycles. The van der Waals surface area contributed by atoms with Gasteiger partial charge in [0.2, 0.25) is 0 Å². The summed E-state index contributed by atoms with van der Waals surface area (Å²) < 4.78 is 36.3. The van der Waals surface area contributed by atoms with Gasteiger partial charge in [0.05, 0.1) is 37.1 Å². The Hall–Kier alpha value is -1.80. The molecule has 0 aromatic rings. The van der Waals surface area contributed by atoms with E-state index in [0.29, 0.717) is 19.4 Å². The van der Waals surface area contributed by atoms with Gasteiger partial charge < -0.3 is 69.3 Å². The molecular weight excluding hydrogens is 796 g/mol. The standard InChI is InChI=1S/C45H70O16/c1-22-31(51)36(61-37-34(54)33(53)32(52)23(59-37)19-56-30(50)16-29(48)49)35(55)38(58-22)60-28-10-11-40(4)24(41(28,5)20-46)8-12-42(6)25(40)9-13-45-26-17-39(2,3)14-15-44(26,21-57-45)27(47)18-43(42,45)7/h9,13,22-28,31-38,46-47,51-55H,8,10-12,14-21H2,1-7H3,(H,48,49). The highest BCUT2D eigenvalue weighted by molar-refractivity contribution is 5.90. The fourth-order valence-electron chi connectivity index (χ4n) is 14.6. The lowest BCUT2D eigenvalue weighted by molar-refractivity contribution is -0.367. The van der Waals surface area contributed by atoms with Gasteiger partial charge in [-0.05, 0) is 86.4 Å². The summed E-state index contributed by atoms with van der Waals surface area (Å²) in [5.41, 5.74) is -2.16. The highest BCUT2D eigenvalue weighted by atomic mass is 16.7. The molecule has 2 bridgehead atoms. The van der Waals surface area contributed by atoms with E-state index in [4.69, 9.17) is 33.5 Å². The quantitative estimate of drug-likeness (QED) is 0.0712. The first-order chi connectivity index (χ1) is 28.4. The molecule has 16 heteroatoms. The fraction of sp³-hybridized carbons (Fsp3) is 0.911. The molecule has 3 saturated heterocycles. The average molecular weight is 867 g/mol. The second kappa shape index (κ2) is 15.4. The van der Waals surface area contributed by atoms with Crippen molar-refractivity contribution in [1.29, 1.82) is 0 Å². The van der Waals surface area contributed by atoms with Gasteiger partial charge in [0.15, 0.2) is 12.6 Å². The predicted octanol–water partition coefficient (Wildman–Crippen LogP) is 1.80. The predicted molar refractivity (Wildman–Crippen MR) is 213 cm³/mol. The SMILES string of the molecule is CC1OC(OC2CCC3(C)C(CCC4(C)C3C=CC35OCC6(CCC(C)(C)CC63)C(O)CC45C)C2(C)CO)C(O)C(OC2OC(COC(=O)CC(=O)O)C(O)C(O)C2O)C1O. The van der Waals surface area contributed by atoms with Crippen molar-refractivity contribution in [3.63, 3.8) is 0 Å². The molecule has 4 saturated carbocycles. The second-order valence-electron chi connectivity index (χ2n) is 22.0. The third-order valence-electron chi connectivity index (χ3n) is 18.4. The Morgan fingerprint density at radius 1 is 0.787 bits per heavy atom. The van der Waals surface area contributed by atoms with Crippen molar-refractivity contribution in [3.8, 4) is 0 Å². The maximum absolute atomic E-state index is 12.2. The van der Waals surface area contributed by atoms with Crippen LogP contribution in [0.25, 0.3) is 0 Å². The molecule has 8 aliphatic rings. The summed E-state index contributed by atoms with van der Waals surface area (Å²) in [5.74, 6) is -2.21. The largest absolute Gasteiger partial charge is 0.481 e. The zero-order valence-electron chi connectivity index (χ0n) is 36.6. The van der Waals surface area contributed by atoms with Gasteiger partial charge in [-0.3, -0.25) is 9.59 Å². The van der Waals surface area contributed by atoms with Crippen molar-refractivity contribution in [3.05, 3.63) is 12.2 Å². The van der Waals surface area contributed by atoms with Crippen LogP contribution in [0, 0.1) is 50.2 Å². The van der Waals surface area contributed by atoms with Crippen LogP contribution in [0.4, 0.5) is 0 Å². The minimum atomic E-state index is -1.86. The van der Waals surface area contributed by atoms with Gasteiger partial charge in [-0.25, -0.2) is 0 Å². The third-order valence-corrected chi connectivity index (χ3v) is 18.4. The Kier molecular flexibility index (Phi) is 11.6. The Balaban J connectivity index is 1.01. The first-order valence-corrected chi connectivity index (χ1v) is 22.5. The molecule has 61 heavy (non-hydrogen) atoms. The number of carbonyl (C=O) groups excluding carboxylic acids is 1. The van der Waals surface area contributed by atoms with Crippen LogP contribution < -0.4 is 0 Å². The van der Waals surface area contributed by atoms with Crippen molar-refractivity contribution in [2.24, 2.45) is 50.2 Å². The van der Waals surface area contributed by atoms with E-state index in [0.717, 1.165) is 38.5 Å². The topological polar surface area (TPSA) is 251 Å². The third kappa shape index (κ3) is 6.65. The molecule has 346 valence electrons. The number of hydrogen-bond acceptors (Lipinski definition) is 15. The molecule has 7 fully saturated rings. The Bertz CT molecular complexity index is 1730. The van der Waals surface area contributed by atoms with Crippen molar-refractivity contribution < 1.29 is 78.9 Å². The van der Waals surface area contributed by atoms with Crippen molar-refractivity contribution in [1.82, 2.24) is 0 Å². The van der Waals surface area contributed by atoms with Gasteiger partial charge in [0.1, 0.15) is 55.8 Å². The number of carboxylic acids is 1. The van der Waals surface area contributed by atoms with Crippen LogP contribution in [-0.2, 0) is 38.0 Å². The molecule has 1 spiro atoms. The highest BCUT2D eigenvalue weighted by Gasteiger charge is 2.79. The van der Waals surface area contributed by atoms with Crippen LogP contribution in [0.2, 0.25) is 0 Å². The van der Waals surface area contributed by atoms with E-state index in [2.05, 4.69) is 46.8 Å². The number of hydrogen-bond donors (Lipinski definition) is 8. The van der Waals surface area contributed by atoms with E-state index in [1.54, 1.807) is 6.92 Å². The second-order valence-corrected chi connectivity index (χ2v) is 22.0. The van der Waals surface area contributed by atoms with E-state index in [9.17, 15) is 45.3 Å². The number of ether oxygens (including phenoxy) is 6. The fourth-order valence-corrected chi connectivity index (χ4v) is 14.6. The molecule has 0 amide bonds. The number of esters is 1. The highest BCUT2D eigenvalue weighted by Crippen LogP contribution is 2.79. The summed E-state index contributed by atoms with van der Waals surface area (Å²) >= 11 is 0. The minimum absolute atomic E-state index is 0.00846. The lowest BCUT2D eigenvalue weighted by Crippen LogP contribution is -2.72. The molecule has 16 nitrogen and oxygen atoms in total. The van der Waals surface area contributed by atoms with E-state index in [1.807, 2.05) is 6.92 Å². The zero-order chi connectivity index (χ0) is 44.5. The monoisotopic (exact) mass is 866 g/mol. The van der Waals surface area contributed by atoms with Gasteiger partial charge in [0, 0.05) is 22.2 Å². The van der Waals surface area contributed by atoms with E-state index in [-0.39, 0.29) is 51.4 Å². The van der Waals surface area contributed by atoms with Crippen molar-refractivity contribution in [2.45, 2.75) is 185 Å². The van der Waals surface area contributed by atoms with Crippen LogP contribution in [0.3, 0.4) is 0 Å². The summed E-state index contributed by atoms with van der Waals surface area (Å²) in [4.78, 5) is 22.7. The summed E-state index contributed by atoms with van der Waals surface area (Å²) in [6, 6.07) is 0. The molecule has 8 rings (SSSR count). The molecule has 21 atom stereocenters. The number of aliphatic hydroxyl groups excluding tert-OH is 7. The molecule has 3 aliphatic heterocycles. The van der Waals surface area contributed by atoms with Gasteiger partial charge in [-0.2, -0.15) is 0 Å². The number of carboxylic acid groups (broad SMARTS) is 1. The number of rotatable bonds is 9. The lowest BCUT2D eigenvalue weighted by atomic mass is 9.32. The van der Waals surface area contributed by atoms with Crippen LogP contribution in [-0.4, -0.2) is 152 Å². The molecule has 0 aromatic carbocycles. The minimum Gasteiger partial charge on any atom is -0.481 e. The Morgan fingerprint density at radius 3 is 2.18 bits per heavy atom. The summed E-state index contributed by atoms with van der Waals surface area (Å²) in [5, 5.41) is 87.3. The first kappa shape index (κ1) is 45.8. The zero-order valence-corrected chi connectivity index (χ0v) is 36.6. The smallest absolute Gasteiger partial charge is 0.317 e. The van der Waals surface area contributed by atoms with Gasteiger partial charge in [-0.15, -0.1) is 0 Å². The van der Waals surface area contributed by atoms with Gasteiger partial charge >= 0.3 is 11.9 Å². The molecule has 21 unspecified atom stereocenters. The number of aliphatic carboxylic acids is 1. The Labute approximate surface area is 357 Å². The molecular formula is C45H70O16. The van der Waals surface area contributed by atoms with E-state index < -0.39 is 110 Å². The number of carbonyl (C=O) groups is 2. The summed E-state index contributed by atoms with van der Waals surface area (Å²) in [6.45, 7) is 15.1. The molecule has 0 aromatic heterocycles. The molecule has 0 radical (unpaired) electrons. The molecule has 8 N–H and O–H groups in total. The first-order valence-electron chi connectivity index (χ1n) is 22.5. The van der Waals surface area contributed by atoms with Crippen LogP contribution in [0.5, 0.6) is 0 Å². The summed E-state index contributed by atoms with van der Waals surface area (Å²) in [7, 11) is 0. The van der Waals surface area contributed by atoms with Gasteiger partial charge in [-0.1, -0.05) is 53.7 Å². The van der Waals surface area contributed by atoms with Gasteiger partial charge in [0.25, 0.3) is 0 Å². The Morgan fingerprint density at radius 2 is 1.49 bits per heavy atom. The average Bonchev–Trinajstić information content (AvgIpc) is 3.47. The van der Waals surface area contributed by atoms with Crippen LogP contribution in [0.15, 0.2) is 12.2 Å². The maximum Gasteiger partial charge on any atom is 0.317 e. The number of fused-ring (bicyclic) bond motifs is 4. The van der Waals surface area contributed by atoms with Crippen LogP contribution in [0.1, 0.15) is 106 Å². The van der Waals surface area contributed by atoms with E-state index in [1.165, 1.54) is 0 Å². The number of allylic oxidation sites excluding steroid dienone is 1. The lowest BCUT2D eigenvalue weighted by Gasteiger charge is -2.73. The van der Waals surface area contributed by atoms with Crippen molar-refractivity contribution in [2.75, 3.05) is 19.8 Å². The van der Waals surface area contributed by atoms with Crippen molar-refractivity contribution >= 4 is 11.9 Å². The van der Waals surface area contributed by atoms with E-state index >= 15 is 0 Å². The van der Waals surface area contributed by atoms with Crippen LogP contribution >= 0.6 is 0 Å².